The van der Waals surface area contributed by atoms with Crippen LogP contribution in [0.3, 0.4) is 0 Å². The minimum absolute atomic E-state index is 0. The Bertz CT molecular complexity index is 71.7. The van der Waals surface area contributed by atoms with Crippen LogP contribution in [0.15, 0.2) is 0 Å². The van der Waals surface area contributed by atoms with Crippen molar-refractivity contribution in [2.75, 3.05) is 0 Å². The fraction of sp³-hybridized carbons (Fsp3) is 0. The summed E-state index contributed by atoms with van der Waals surface area (Å²) in [6.45, 7) is 0. The number of hydrogen-bond acceptors (Lipinski definition) is 2. The van der Waals surface area contributed by atoms with Crippen molar-refractivity contribution in [3.05, 3.63) is 0 Å². The zero-order valence-corrected chi connectivity index (χ0v) is 7.56. The van der Waals surface area contributed by atoms with E-state index in [0.29, 0.717) is 0 Å². The van der Waals surface area contributed by atoms with Gasteiger partial charge in [-0.05, 0) is 0 Å². The number of hydrogen-bond donors (Lipinski definition) is 4. The Kier molecular flexibility index (Phi) is 36.6. The third-order valence-electron chi connectivity index (χ3n) is 0. The van der Waals surface area contributed by atoms with Crippen LogP contribution in [0.5, 0.6) is 0 Å². The first-order valence-corrected chi connectivity index (χ1v) is 3.50. The molecule has 64 valence electrons. The second kappa shape index (κ2) is 16.3. The van der Waals surface area contributed by atoms with Crippen LogP contribution in [-0.4, -0.2) is 19.6 Å². The fourth-order valence-corrected chi connectivity index (χ4v) is 0. The molecule has 0 aliphatic carbocycles. The van der Waals surface area contributed by atoms with Crippen LogP contribution in [0.2, 0.25) is 0 Å². The molecule has 10 heavy (non-hydrogen) atoms. The predicted octanol–water partition coefficient (Wildman–Crippen LogP) is -6.74. The fourth-order valence-electron chi connectivity index (χ4n) is 0. The SMILES string of the molecule is O=[P+](O)O.O=[P+](O)O.[Cl-].[Cl-]. The van der Waals surface area contributed by atoms with Gasteiger partial charge in [-0.25, -0.2) is 0 Å². The van der Waals surface area contributed by atoms with E-state index in [2.05, 4.69) is 0 Å². The first-order chi connectivity index (χ1) is 3.46. The van der Waals surface area contributed by atoms with Gasteiger partial charge >= 0.3 is 16.5 Å². The van der Waals surface area contributed by atoms with Gasteiger partial charge in [0.05, 0.1) is 0 Å². The van der Waals surface area contributed by atoms with Gasteiger partial charge in [-0.1, -0.05) is 0 Å². The van der Waals surface area contributed by atoms with Crippen LogP contribution in [0.1, 0.15) is 0 Å². The zero-order chi connectivity index (χ0) is 7.15. The molecule has 0 unspecified atom stereocenters. The summed E-state index contributed by atoms with van der Waals surface area (Å²) < 4.78 is 17.4. The Hall–Kier alpha value is 0.620. The van der Waals surface area contributed by atoms with Crippen LogP contribution in [-0.2, 0) is 9.13 Å². The summed E-state index contributed by atoms with van der Waals surface area (Å²) in [7, 11) is -5.74. The molecular formula is H4Cl2O6P2. The summed E-state index contributed by atoms with van der Waals surface area (Å²) in [6, 6.07) is 0. The van der Waals surface area contributed by atoms with E-state index in [1.54, 1.807) is 0 Å². The highest BCUT2D eigenvalue weighted by Gasteiger charge is 1.93. The molecule has 0 rings (SSSR count). The Morgan fingerprint density at radius 3 is 0.700 bits per heavy atom. The summed E-state index contributed by atoms with van der Waals surface area (Å²) in [4.78, 5) is 28.5. The van der Waals surface area contributed by atoms with Gasteiger partial charge in [-0.3, -0.25) is 0 Å². The molecule has 0 aromatic carbocycles. The lowest BCUT2D eigenvalue weighted by Crippen LogP contribution is -3.00. The summed E-state index contributed by atoms with van der Waals surface area (Å²) in [6.07, 6.45) is 0. The standard InChI is InChI=1S/2ClH.2HO3P/c;;2*1-4(2)3/h2*1H;2*(H-,1,2,3). The monoisotopic (exact) mass is 232 g/mol. The van der Waals surface area contributed by atoms with E-state index in [4.69, 9.17) is 28.7 Å². The lowest BCUT2D eigenvalue weighted by atomic mass is 15.8. The molecule has 0 saturated heterocycles. The Balaban J connectivity index is -0.0000000300. The van der Waals surface area contributed by atoms with E-state index in [-0.39, 0.29) is 24.8 Å². The highest BCUT2D eigenvalue weighted by Crippen LogP contribution is 1.98. The van der Waals surface area contributed by atoms with Crippen LogP contribution < -0.4 is 24.8 Å². The molecular weight excluding hydrogens is 229 g/mol. The van der Waals surface area contributed by atoms with E-state index in [9.17, 15) is 0 Å². The molecule has 0 atom stereocenters. The van der Waals surface area contributed by atoms with Crippen LogP contribution in [0, 0.1) is 0 Å². The van der Waals surface area contributed by atoms with Crippen molar-refractivity contribution in [2.45, 2.75) is 0 Å². The van der Waals surface area contributed by atoms with Crippen molar-refractivity contribution in [1.29, 1.82) is 0 Å². The van der Waals surface area contributed by atoms with E-state index >= 15 is 0 Å². The van der Waals surface area contributed by atoms with Gasteiger partial charge in [-0.15, -0.1) is 19.6 Å². The molecule has 0 amide bonds. The quantitative estimate of drug-likeness (QED) is 0.309. The van der Waals surface area contributed by atoms with Crippen LogP contribution in [0.25, 0.3) is 0 Å². The minimum Gasteiger partial charge on any atom is -1.00 e. The molecule has 0 fully saturated rings. The molecule has 10 heteroatoms. The molecule has 0 aromatic rings. The topological polar surface area (TPSA) is 115 Å². The molecule has 0 saturated carbocycles. The molecule has 0 aliphatic heterocycles. The Morgan fingerprint density at radius 1 is 0.700 bits per heavy atom. The molecule has 0 radical (unpaired) electrons. The molecule has 4 N–H and O–H groups in total. The van der Waals surface area contributed by atoms with Gasteiger partial charge in [0.25, 0.3) is 0 Å². The third kappa shape index (κ3) is 1300. The summed E-state index contributed by atoms with van der Waals surface area (Å²) in [5.74, 6) is 0. The smallest absolute Gasteiger partial charge is 0.692 e. The van der Waals surface area contributed by atoms with Crippen molar-refractivity contribution in [3.63, 3.8) is 0 Å². The lowest BCUT2D eigenvalue weighted by molar-refractivity contribution is -0.00100. The van der Waals surface area contributed by atoms with Gasteiger partial charge in [0, 0.05) is 9.13 Å². The van der Waals surface area contributed by atoms with E-state index in [1.165, 1.54) is 0 Å². The van der Waals surface area contributed by atoms with Gasteiger partial charge < -0.3 is 24.8 Å². The largest absolute Gasteiger partial charge is 1.00 e. The molecule has 0 spiro atoms. The van der Waals surface area contributed by atoms with Crippen molar-refractivity contribution in [3.8, 4) is 0 Å². The van der Waals surface area contributed by atoms with Gasteiger partial charge in [0.1, 0.15) is 0 Å². The summed E-state index contributed by atoms with van der Waals surface area (Å²) >= 11 is 0. The van der Waals surface area contributed by atoms with Crippen molar-refractivity contribution in [1.82, 2.24) is 0 Å². The van der Waals surface area contributed by atoms with E-state index in [1.807, 2.05) is 0 Å². The Morgan fingerprint density at radius 2 is 0.700 bits per heavy atom. The van der Waals surface area contributed by atoms with E-state index < -0.39 is 16.5 Å². The molecule has 0 aromatic heterocycles. The lowest BCUT2D eigenvalue weighted by Gasteiger charge is -1.34. The zero-order valence-electron chi connectivity index (χ0n) is 4.26. The summed E-state index contributed by atoms with van der Waals surface area (Å²) in [5, 5.41) is 0. The maximum atomic E-state index is 8.70. The highest BCUT2D eigenvalue weighted by molar-refractivity contribution is 7.31. The predicted molar refractivity (Wildman–Crippen MR) is 24.1 cm³/mol. The second-order valence-electron chi connectivity index (χ2n) is 0.505. The normalized spacial score (nSPS) is 5.20. The van der Waals surface area contributed by atoms with Crippen LogP contribution in [0.4, 0.5) is 0 Å². The second-order valence-corrected chi connectivity index (χ2v) is 1.52. The van der Waals surface area contributed by atoms with Gasteiger partial charge in [-0.2, -0.15) is 0 Å². The van der Waals surface area contributed by atoms with Gasteiger partial charge in [0.2, 0.25) is 0 Å². The minimum atomic E-state index is -2.87. The first-order valence-electron chi connectivity index (χ1n) is 1.17. The maximum absolute atomic E-state index is 8.70. The maximum Gasteiger partial charge on any atom is 0.692 e. The van der Waals surface area contributed by atoms with Crippen molar-refractivity contribution in [2.24, 2.45) is 0 Å². The molecule has 0 aliphatic rings. The molecule has 0 bridgehead atoms. The Labute approximate surface area is 70.6 Å². The highest BCUT2D eigenvalue weighted by atomic mass is 35.5. The van der Waals surface area contributed by atoms with Crippen LogP contribution >= 0.6 is 16.5 Å². The summed E-state index contributed by atoms with van der Waals surface area (Å²) in [5.41, 5.74) is 0. The van der Waals surface area contributed by atoms with Crippen molar-refractivity contribution < 1.29 is 53.5 Å². The van der Waals surface area contributed by atoms with Gasteiger partial charge in [0.15, 0.2) is 0 Å². The van der Waals surface area contributed by atoms with E-state index in [0.717, 1.165) is 0 Å². The third-order valence-corrected chi connectivity index (χ3v) is 0. The average Bonchev–Trinajstić information content (AvgIpc) is 1.25. The molecule has 0 heterocycles. The number of rotatable bonds is 0. The average molecular weight is 233 g/mol. The first kappa shape index (κ1) is 22.4. The van der Waals surface area contributed by atoms with Crippen molar-refractivity contribution >= 4 is 16.5 Å². The molecule has 6 nitrogen and oxygen atoms in total. The number of halogens is 2.